The van der Waals surface area contributed by atoms with Gasteiger partial charge in [0.05, 0.1) is 6.42 Å². The van der Waals surface area contributed by atoms with Crippen molar-refractivity contribution in [3.8, 4) is 0 Å². The summed E-state index contributed by atoms with van der Waals surface area (Å²) in [6.45, 7) is 3.92. The number of carboxylic acids is 1. The molecule has 0 fully saturated rings. The van der Waals surface area contributed by atoms with Crippen LogP contribution in [0.3, 0.4) is 0 Å². The van der Waals surface area contributed by atoms with Crippen molar-refractivity contribution in [3.63, 3.8) is 0 Å². The van der Waals surface area contributed by atoms with Gasteiger partial charge >= 0.3 is 5.97 Å². The summed E-state index contributed by atoms with van der Waals surface area (Å²) in [6.07, 6.45) is 3.34. The van der Waals surface area contributed by atoms with Crippen LogP contribution in [0.2, 0.25) is 0 Å². The topological polar surface area (TPSA) is 49.3 Å². The Bertz CT molecular complexity index is 382. The molecule has 0 radical (unpaired) electrons. The molecular formula is C14H21NO2S. The fraction of sp³-hybridized carbons (Fsp3) is 0.500. The Morgan fingerprint density at radius 1 is 1.39 bits per heavy atom. The first-order chi connectivity index (χ1) is 8.63. The molecule has 1 atom stereocenters. The third kappa shape index (κ3) is 5.56. The summed E-state index contributed by atoms with van der Waals surface area (Å²) in [4.78, 5) is 10.8. The van der Waals surface area contributed by atoms with Gasteiger partial charge in [0, 0.05) is 11.8 Å². The van der Waals surface area contributed by atoms with Crippen LogP contribution in [0.25, 0.3) is 0 Å². The molecule has 0 saturated heterocycles. The Morgan fingerprint density at radius 3 is 2.67 bits per heavy atom. The molecule has 0 aliphatic heterocycles. The van der Waals surface area contributed by atoms with Crippen LogP contribution in [0, 0.1) is 0 Å². The summed E-state index contributed by atoms with van der Waals surface area (Å²) in [7, 11) is 0. The van der Waals surface area contributed by atoms with Crippen LogP contribution in [0.4, 0.5) is 0 Å². The van der Waals surface area contributed by atoms with Gasteiger partial charge in [-0.3, -0.25) is 4.79 Å². The van der Waals surface area contributed by atoms with Crippen molar-refractivity contribution < 1.29 is 9.90 Å². The quantitative estimate of drug-likeness (QED) is 0.711. The van der Waals surface area contributed by atoms with Gasteiger partial charge in [-0.1, -0.05) is 31.2 Å². The van der Waals surface area contributed by atoms with Gasteiger partial charge in [0.1, 0.15) is 0 Å². The zero-order chi connectivity index (χ0) is 13.4. The van der Waals surface area contributed by atoms with Crippen molar-refractivity contribution in [2.45, 2.75) is 31.6 Å². The van der Waals surface area contributed by atoms with Gasteiger partial charge in [-0.05, 0) is 30.3 Å². The van der Waals surface area contributed by atoms with E-state index in [4.69, 9.17) is 5.11 Å². The number of benzene rings is 1. The molecule has 0 heterocycles. The highest BCUT2D eigenvalue weighted by Crippen LogP contribution is 2.11. The molecule has 100 valence electrons. The molecule has 1 aromatic rings. The minimum absolute atomic E-state index is 0.0963. The molecule has 0 aliphatic carbocycles. The number of nitrogens with one attached hydrogen (secondary N) is 1. The van der Waals surface area contributed by atoms with Gasteiger partial charge in [0.15, 0.2) is 0 Å². The zero-order valence-corrected chi connectivity index (χ0v) is 11.8. The Labute approximate surface area is 113 Å². The predicted molar refractivity (Wildman–Crippen MR) is 77.1 cm³/mol. The Hall–Kier alpha value is -1.00. The standard InChI is InChI=1S/C14H21NO2S/c1-11(18-2)7-8-15-10-13-6-4-3-5-12(13)9-14(16)17/h3-6,11,15H,7-10H2,1-2H3,(H,16,17). The Balaban J connectivity index is 2.44. The summed E-state index contributed by atoms with van der Waals surface area (Å²) in [5, 5.41) is 12.9. The molecule has 18 heavy (non-hydrogen) atoms. The summed E-state index contributed by atoms with van der Waals surface area (Å²) in [5.41, 5.74) is 1.98. The Kier molecular flexibility index (Phi) is 6.83. The van der Waals surface area contributed by atoms with Crippen LogP contribution in [-0.4, -0.2) is 29.1 Å². The third-order valence-corrected chi connectivity index (χ3v) is 3.95. The van der Waals surface area contributed by atoms with Crippen molar-refractivity contribution in [1.82, 2.24) is 5.32 Å². The van der Waals surface area contributed by atoms with Crippen molar-refractivity contribution in [1.29, 1.82) is 0 Å². The summed E-state index contributed by atoms with van der Waals surface area (Å²) in [6, 6.07) is 7.71. The lowest BCUT2D eigenvalue weighted by Crippen LogP contribution is -2.19. The highest BCUT2D eigenvalue weighted by atomic mass is 32.2. The van der Waals surface area contributed by atoms with Crippen molar-refractivity contribution in [2.24, 2.45) is 0 Å². The highest BCUT2D eigenvalue weighted by molar-refractivity contribution is 7.99. The van der Waals surface area contributed by atoms with E-state index in [9.17, 15) is 4.79 Å². The van der Waals surface area contributed by atoms with E-state index in [-0.39, 0.29) is 6.42 Å². The smallest absolute Gasteiger partial charge is 0.307 e. The third-order valence-electron chi connectivity index (χ3n) is 2.91. The number of hydrogen-bond donors (Lipinski definition) is 2. The lowest BCUT2D eigenvalue weighted by molar-refractivity contribution is -0.136. The molecular weight excluding hydrogens is 246 g/mol. The van der Waals surface area contributed by atoms with E-state index < -0.39 is 5.97 Å². The van der Waals surface area contributed by atoms with E-state index in [0.29, 0.717) is 5.25 Å². The summed E-state index contributed by atoms with van der Waals surface area (Å²) < 4.78 is 0. The molecule has 3 nitrogen and oxygen atoms in total. The van der Waals surface area contributed by atoms with E-state index in [0.717, 1.165) is 30.6 Å². The predicted octanol–water partition coefficient (Wildman–Crippen LogP) is 2.54. The molecule has 0 amide bonds. The van der Waals surface area contributed by atoms with Gasteiger partial charge in [0.2, 0.25) is 0 Å². The average Bonchev–Trinajstić information content (AvgIpc) is 2.35. The minimum Gasteiger partial charge on any atom is -0.481 e. The zero-order valence-electron chi connectivity index (χ0n) is 11.0. The molecule has 0 aliphatic rings. The second kappa shape index (κ2) is 8.16. The Morgan fingerprint density at radius 2 is 2.06 bits per heavy atom. The fourth-order valence-corrected chi connectivity index (χ4v) is 2.07. The van der Waals surface area contributed by atoms with E-state index in [1.54, 1.807) is 0 Å². The minimum atomic E-state index is -0.779. The van der Waals surface area contributed by atoms with Gasteiger partial charge in [-0.2, -0.15) is 11.8 Å². The number of carbonyl (C=O) groups is 1. The SMILES string of the molecule is CSC(C)CCNCc1ccccc1CC(=O)O. The number of rotatable bonds is 8. The molecule has 0 aromatic heterocycles. The van der Waals surface area contributed by atoms with Gasteiger partial charge in [-0.15, -0.1) is 0 Å². The molecule has 1 unspecified atom stereocenters. The van der Waals surface area contributed by atoms with E-state index in [2.05, 4.69) is 18.5 Å². The number of hydrogen-bond acceptors (Lipinski definition) is 3. The van der Waals surface area contributed by atoms with Crippen LogP contribution in [0.1, 0.15) is 24.5 Å². The maximum absolute atomic E-state index is 10.8. The van der Waals surface area contributed by atoms with Crippen molar-refractivity contribution in [3.05, 3.63) is 35.4 Å². The van der Waals surface area contributed by atoms with Crippen LogP contribution in [0.5, 0.6) is 0 Å². The fourth-order valence-electron chi connectivity index (χ4n) is 1.71. The van der Waals surface area contributed by atoms with E-state index in [1.165, 1.54) is 0 Å². The second-order valence-electron chi connectivity index (χ2n) is 4.35. The number of carboxylic acid groups (broad SMARTS) is 1. The van der Waals surface area contributed by atoms with Crippen molar-refractivity contribution in [2.75, 3.05) is 12.8 Å². The maximum atomic E-state index is 10.8. The van der Waals surface area contributed by atoms with Gasteiger partial charge in [-0.25, -0.2) is 0 Å². The highest BCUT2D eigenvalue weighted by Gasteiger charge is 2.06. The van der Waals surface area contributed by atoms with Crippen LogP contribution < -0.4 is 5.32 Å². The first-order valence-electron chi connectivity index (χ1n) is 6.15. The van der Waals surface area contributed by atoms with Gasteiger partial charge in [0.25, 0.3) is 0 Å². The monoisotopic (exact) mass is 267 g/mol. The van der Waals surface area contributed by atoms with E-state index in [1.807, 2.05) is 36.0 Å². The normalized spacial score (nSPS) is 12.3. The van der Waals surface area contributed by atoms with E-state index >= 15 is 0 Å². The van der Waals surface area contributed by atoms with Crippen LogP contribution >= 0.6 is 11.8 Å². The molecule has 1 aromatic carbocycles. The van der Waals surface area contributed by atoms with Gasteiger partial charge < -0.3 is 10.4 Å². The first kappa shape index (κ1) is 15.1. The molecule has 0 spiro atoms. The molecule has 0 bridgehead atoms. The molecule has 4 heteroatoms. The van der Waals surface area contributed by atoms with Crippen LogP contribution in [-0.2, 0) is 17.8 Å². The van der Waals surface area contributed by atoms with Crippen molar-refractivity contribution >= 4 is 17.7 Å². The first-order valence-corrected chi connectivity index (χ1v) is 7.44. The second-order valence-corrected chi connectivity index (χ2v) is 5.63. The van der Waals surface area contributed by atoms with Crippen LogP contribution in [0.15, 0.2) is 24.3 Å². The summed E-state index contributed by atoms with van der Waals surface area (Å²) in [5.74, 6) is -0.779. The molecule has 0 saturated carbocycles. The molecule has 1 rings (SSSR count). The summed E-state index contributed by atoms with van der Waals surface area (Å²) >= 11 is 1.86. The maximum Gasteiger partial charge on any atom is 0.307 e. The number of thioether (sulfide) groups is 1. The number of aliphatic carboxylic acids is 1. The largest absolute Gasteiger partial charge is 0.481 e. The lowest BCUT2D eigenvalue weighted by atomic mass is 10.0. The average molecular weight is 267 g/mol. The lowest BCUT2D eigenvalue weighted by Gasteiger charge is -2.11. The molecule has 2 N–H and O–H groups in total.